The number of esters is 1. The van der Waals surface area contributed by atoms with E-state index in [1.165, 1.54) is 12.1 Å². The van der Waals surface area contributed by atoms with Crippen LogP contribution < -0.4 is 20.7 Å². The summed E-state index contributed by atoms with van der Waals surface area (Å²) in [7, 11) is 1.01. The number of hydrogen-bond donors (Lipinski definition) is 0. The monoisotopic (exact) mass is 513 g/mol. The van der Waals surface area contributed by atoms with Crippen molar-refractivity contribution < 1.29 is 32.2 Å². The van der Waals surface area contributed by atoms with Crippen molar-refractivity contribution in [3.63, 3.8) is 0 Å². The van der Waals surface area contributed by atoms with Crippen molar-refractivity contribution in [3.05, 3.63) is 73.8 Å². The number of para-hydroxylation sites is 2. The fraction of sp³-hybridized carbons (Fsp3) is 0.273. The van der Waals surface area contributed by atoms with E-state index in [-0.39, 0.29) is 27.7 Å². The van der Waals surface area contributed by atoms with E-state index in [4.69, 9.17) is 25.8 Å². The highest BCUT2D eigenvalue weighted by molar-refractivity contribution is 6.31. The summed E-state index contributed by atoms with van der Waals surface area (Å²) in [5.74, 6) is -6.43. The second-order valence-corrected chi connectivity index (χ2v) is 7.56. The van der Waals surface area contributed by atoms with Crippen LogP contribution in [-0.4, -0.2) is 33.3 Å². The minimum atomic E-state index is -3.50. The van der Waals surface area contributed by atoms with Crippen molar-refractivity contribution in [2.24, 2.45) is 7.05 Å². The lowest BCUT2D eigenvalue weighted by Crippen LogP contribution is -2.41. The molecule has 0 N–H and O–H groups in total. The molecule has 0 aliphatic rings. The van der Waals surface area contributed by atoms with Crippen LogP contribution in [0.15, 0.2) is 46.0 Å². The van der Waals surface area contributed by atoms with E-state index in [0.29, 0.717) is 17.6 Å². The van der Waals surface area contributed by atoms with Gasteiger partial charge in [0.05, 0.1) is 12.3 Å². The first-order valence-corrected chi connectivity index (χ1v) is 10.4. The molecular formula is C22H19ClF3N3O6. The van der Waals surface area contributed by atoms with Gasteiger partial charge in [-0.05, 0) is 19.1 Å². The first-order chi connectivity index (χ1) is 16.4. The van der Waals surface area contributed by atoms with Gasteiger partial charge in [0.25, 0.3) is 11.5 Å². The van der Waals surface area contributed by atoms with Gasteiger partial charge in [-0.15, -0.1) is 0 Å². The SMILES string of the molecule is CCOC(=O)COc1ccccc1Oc1nc(-n2c(=O)cc(C(C)(F)F)n(C)c2=O)c(F)cc1Cl. The highest BCUT2D eigenvalue weighted by atomic mass is 35.5. The lowest BCUT2D eigenvalue weighted by molar-refractivity contribution is -0.145. The van der Waals surface area contributed by atoms with Crippen LogP contribution in [0.2, 0.25) is 5.02 Å². The van der Waals surface area contributed by atoms with Crippen molar-refractivity contribution >= 4 is 17.6 Å². The van der Waals surface area contributed by atoms with E-state index in [1.807, 2.05) is 0 Å². The summed E-state index contributed by atoms with van der Waals surface area (Å²) in [6, 6.07) is 7.31. The molecule has 0 fully saturated rings. The second-order valence-electron chi connectivity index (χ2n) is 7.16. The largest absolute Gasteiger partial charge is 0.478 e. The molecule has 0 aliphatic heterocycles. The van der Waals surface area contributed by atoms with Crippen LogP contribution in [0.3, 0.4) is 0 Å². The van der Waals surface area contributed by atoms with Crippen LogP contribution in [0.4, 0.5) is 13.2 Å². The highest BCUT2D eigenvalue weighted by Gasteiger charge is 2.30. The number of alkyl halides is 2. The molecule has 0 bridgehead atoms. The third-order valence-electron chi connectivity index (χ3n) is 4.57. The number of nitrogens with zero attached hydrogens (tertiary/aromatic N) is 3. The molecular weight excluding hydrogens is 495 g/mol. The smallest absolute Gasteiger partial charge is 0.344 e. The van der Waals surface area contributed by atoms with Crippen molar-refractivity contribution in [2.45, 2.75) is 19.8 Å². The molecule has 0 aliphatic carbocycles. The molecule has 0 atom stereocenters. The maximum absolute atomic E-state index is 14.7. The van der Waals surface area contributed by atoms with Gasteiger partial charge in [-0.2, -0.15) is 4.98 Å². The molecule has 0 spiro atoms. The minimum absolute atomic E-state index is 0.0185. The maximum Gasteiger partial charge on any atom is 0.344 e. The number of aromatic nitrogens is 3. The molecule has 0 unspecified atom stereocenters. The van der Waals surface area contributed by atoms with Crippen LogP contribution in [-0.2, 0) is 22.5 Å². The summed E-state index contributed by atoms with van der Waals surface area (Å²) in [5, 5.41) is -0.326. The summed E-state index contributed by atoms with van der Waals surface area (Å²) in [5.41, 5.74) is -3.35. The maximum atomic E-state index is 14.7. The van der Waals surface area contributed by atoms with Gasteiger partial charge in [-0.1, -0.05) is 23.7 Å². The molecule has 1 aromatic carbocycles. The molecule has 186 valence electrons. The lowest BCUT2D eigenvalue weighted by Gasteiger charge is -2.17. The van der Waals surface area contributed by atoms with Crippen LogP contribution >= 0.6 is 11.6 Å². The van der Waals surface area contributed by atoms with Gasteiger partial charge in [0.1, 0.15) is 5.02 Å². The van der Waals surface area contributed by atoms with Crippen LogP contribution in [0, 0.1) is 5.82 Å². The minimum Gasteiger partial charge on any atom is -0.478 e. The fourth-order valence-corrected chi connectivity index (χ4v) is 3.18. The molecule has 0 amide bonds. The molecule has 13 heteroatoms. The van der Waals surface area contributed by atoms with Crippen LogP contribution in [0.1, 0.15) is 19.5 Å². The van der Waals surface area contributed by atoms with Crippen molar-refractivity contribution in [1.29, 1.82) is 0 Å². The van der Waals surface area contributed by atoms with E-state index in [0.717, 1.165) is 13.1 Å². The topological polar surface area (TPSA) is 102 Å². The molecule has 0 saturated carbocycles. The Kier molecular flexibility index (Phi) is 7.54. The quantitative estimate of drug-likeness (QED) is 0.424. The Morgan fingerprint density at radius 3 is 2.46 bits per heavy atom. The molecule has 2 aromatic heterocycles. The van der Waals surface area contributed by atoms with E-state index in [1.54, 1.807) is 19.1 Å². The summed E-state index contributed by atoms with van der Waals surface area (Å²) in [6.07, 6.45) is 0. The Balaban J connectivity index is 2.05. The number of carbonyl (C=O) groups excluding carboxylic acids is 1. The average Bonchev–Trinajstić information content (AvgIpc) is 2.78. The van der Waals surface area contributed by atoms with E-state index < -0.39 is 53.0 Å². The summed E-state index contributed by atoms with van der Waals surface area (Å²) in [6.45, 7) is 1.88. The Morgan fingerprint density at radius 1 is 1.17 bits per heavy atom. The van der Waals surface area contributed by atoms with Gasteiger partial charge in [0.15, 0.2) is 29.7 Å². The molecule has 2 heterocycles. The van der Waals surface area contributed by atoms with E-state index in [9.17, 15) is 27.6 Å². The van der Waals surface area contributed by atoms with Gasteiger partial charge in [-0.3, -0.25) is 9.36 Å². The Labute approximate surface area is 201 Å². The van der Waals surface area contributed by atoms with E-state index >= 15 is 0 Å². The zero-order valence-corrected chi connectivity index (χ0v) is 19.4. The van der Waals surface area contributed by atoms with Gasteiger partial charge < -0.3 is 14.2 Å². The lowest BCUT2D eigenvalue weighted by atomic mass is 10.2. The van der Waals surface area contributed by atoms with E-state index in [2.05, 4.69) is 4.98 Å². The van der Waals surface area contributed by atoms with Gasteiger partial charge >= 0.3 is 11.7 Å². The number of pyridine rings is 1. The third-order valence-corrected chi connectivity index (χ3v) is 4.84. The van der Waals surface area contributed by atoms with Crippen molar-refractivity contribution in [3.8, 4) is 23.2 Å². The van der Waals surface area contributed by atoms with Crippen LogP contribution in [0.5, 0.6) is 17.4 Å². The number of halogens is 4. The van der Waals surface area contributed by atoms with Crippen molar-refractivity contribution in [2.75, 3.05) is 13.2 Å². The molecule has 35 heavy (non-hydrogen) atoms. The standard InChI is InChI=1S/C22H19ClF3N3O6/c1-4-33-18(31)11-34-14-7-5-6-8-15(14)35-20-12(23)9-13(24)19(27-20)29-17(30)10-16(22(2,25)26)28(3)21(29)32/h5-10H,4,11H2,1-3H3. The number of rotatable bonds is 8. The predicted octanol–water partition coefficient (Wildman–Crippen LogP) is 3.57. The first-order valence-electron chi connectivity index (χ1n) is 10.1. The zero-order chi connectivity index (χ0) is 25.9. The highest BCUT2D eigenvalue weighted by Crippen LogP contribution is 2.35. The third kappa shape index (κ3) is 5.65. The molecule has 3 rings (SSSR count). The Bertz CT molecular complexity index is 1380. The average molecular weight is 514 g/mol. The summed E-state index contributed by atoms with van der Waals surface area (Å²) >= 11 is 6.04. The van der Waals surface area contributed by atoms with Gasteiger partial charge in [0, 0.05) is 26.1 Å². The Morgan fingerprint density at radius 2 is 1.83 bits per heavy atom. The fourth-order valence-electron chi connectivity index (χ4n) is 3.01. The number of carbonyl (C=O) groups is 1. The Hall–Kier alpha value is -3.80. The number of benzene rings is 1. The van der Waals surface area contributed by atoms with Crippen LogP contribution in [0.25, 0.3) is 5.82 Å². The summed E-state index contributed by atoms with van der Waals surface area (Å²) < 4.78 is 58.8. The molecule has 0 saturated heterocycles. The zero-order valence-electron chi connectivity index (χ0n) is 18.7. The first kappa shape index (κ1) is 25.8. The normalized spacial score (nSPS) is 11.3. The molecule has 9 nitrogen and oxygen atoms in total. The number of hydrogen-bond acceptors (Lipinski definition) is 7. The van der Waals surface area contributed by atoms with Gasteiger partial charge in [-0.25, -0.2) is 27.3 Å². The summed E-state index contributed by atoms with van der Waals surface area (Å²) in [4.78, 5) is 40.6. The molecule has 3 aromatic rings. The second kappa shape index (κ2) is 10.2. The molecule has 0 radical (unpaired) electrons. The van der Waals surface area contributed by atoms with Crippen molar-refractivity contribution in [1.82, 2.24) is 14.1 Å². The number of ether oxygens (including phenoxy) is 3. The van der Waals surface area contributed by atoms with Gasteiger partial charge in [0.2, 0.25) is 5.88 Å². The predicted molar refractivity (Wildman–Crippen MR) is 118 cm³/mol.